The predicted octanol–water partition coefficient (Wildman–Crippen LogP) is 4.95. The molecule has 2 rings (SSSR count). The molecule has 0 aliphatic carbocycles. The van der Waals surface area contributed by atoms with E-state index < -0.39 is 29.9 Å². The Morgan fingerprint density at radius 3 is 2.37 bits per heavy atom. The molecular weight excluding hydrogens is 480 g/mol. The number of carbonyl (C=O) groups excluding carboxylic acids is 1. The first-order valence-electron chi connectivity index (χ1n) is 13.3. The van der Waals surface area contributed by atoms with Gasteiger partial charge in [-0.1, -0.05) is 92.3 Å². The number of ether oxygens (including phenoxy) is 1. The van der Waals surface area contributed by atoms with E-state index in [0.717, 1.165) is 18.4 Å². The fourth-order valence-corrected chi connectivity index (χ4v) is 4.37. The number of rotatable bonds is 14. The van der Waals surface area contributed by atoms with Crippen LogP contribution in [0.4, 0.5) is 0 Å². The van der Waals surface area contributed by atoms with Crippen LogP contribution in [0.2, 0.25) is 0 Å². The highest BCUT2D eigenvalue weighted by molar-refractivity contribution is 6.02. The van der Waals surface area contributed by atoms with E-state index in [-0.39, 0.29) is 30.4 Å². The van der Waals surface area contributed by atoms with Gasteiger partial charge in [0.2, 0.25) is 5.78 Å². The molecule has 1 aliphatic heterocycles. The minimum atomic E-state index is -1.89. The Balaban J connectivity index is 1.74. The number of hydrogen-bond donors (Lipinski definition) is 4. The van der Waals surface area contributed by atoms with E-state index in [1.165, 1.54) is 12.5 Å². The number of benzene rings is 1. The molecule has 38 heavy (non-hydrogen) atoms. The van der Waals surface area contributed by atoms with E-state index >= 15 is 0 Å². The average Bonchev–Trinajstić information content (AvgIpc) is 3.06. The summed E-state index contributed by atoms with van der Waals surface area (Å²) in [5, 5.41) is 41.0. The maximum Gasteiger partial charge on any atom is 0.269 e. The molecule has 4 N–H and O–H groups in total. The third-order valence-electron chi connectivity index (χ3n) is 6.87. The number of ketones is 1. The summed E-state index contributed by atoms with van der Waals surface area (Å²) < 4.78 is 5.24. The van der Waals surface area contributed by atoms with Crippen LogP contribution in [0.3, 0.4) is 0 Å². The molecule has 0 amide bonds. The van der Waals surface area contributed by atoms with E-state index in [9.17, 15) is 25.2 Å². The van der Waals surface area contributed by atoms with E-state index in [1.807, 2.05) is 62.4 Å². The largest absolute Gasteiger partial charge is 0.459 e. The molecule has 0 fully saturated rings. The zero-order valence-corrected chi connectivity index (χ0v) is 23.2. The molecule has 0 aromatic heterocycles. The van der Waals surface area contributed by atoms with Crippen LogP contribution in [0.25, 0.3) is 0 Å². The van der Waals surface area contributed by atoms with Crippen molar-refractivity contribution >= 4 is 5.78 Å². The van der Waals surface area contributed by atoms with Gasteiger partial charge in [-0.3, -0.25) is 4.79 Å². The fraction of sp³-hybridized carbons (Fsp3) is 0.469. The minimum absolute atomic E-state index is 0.0358. The number of aryl methyl sites for hydroxylation is 1. The molecule has 1 aromatic rings. The first-order chi connectivity index (χ1) is 17.9. The molecule has 0 spiro atoms. The van der Waals surface area contributed by atoms with Gasteiger partial charge < -0.3 is 25.2 Å². The van der Waals surface area contributed by atoms with Gasteiger partial charge in [-0.2, -0.15) is 0 Å². The SMILES string of the molecule is CC1=C(CC(O)CC(O)\C=C/C=C/C(C)=C/C=C/C(C)C(O)C(C)CCc2ccccc2)OC(C)(O)C1=O. The fourth-order valence-electron chi connectivity index (χ4n) is 4.37. The summed E-state index contributed by atoms with van der Waals surface area (Å²) in [5.41, 5.74) is 2.59. The quantitative estimate of drug-likeness (QED) is 0.257. The van der Waals surface area contributed by atoms with Gasteiger partial charge in [0, 0.05) is 31.3 Å². The molecule has 0 bridgehead atoms. The summed E-state index contributed by atoms with van der Waals surface area (Å²) in [6, 6.07) is 10.3. The first kappa shape index (κ1) is 31.4. The number of hydrogen-bond acceptors (Lipinski definition) is 6. The second-order valence-electron chi connectivity index (χ2n) is 10.5. The Labute approximate surface area is 227 Å². The second-order valence-corrected chi connectivity index (χ2v) is 10.5. The molecule has 0 saturated carbocycles. The van der Waals surface area contributed by atoms with E-state index in [2.05, 4.69) is 19.1 Å². The first-order valence-corrected chi connectivity index (χ1v) is 13.3. The van der Waals surface area contributed by atoms with Crippen molar-refractivity contribution in [1.29, 1.82) is 0 Å². The Morgan fingerprint density at radius 2 is 1.74 bits per heavy atom. The van der Waals surface area contributed by atoms with Crippen molar-refractivity contribution in [2.24, 2.45) is 11.8 Å². The van der Waals surface area contributed by atoms with Crippen LogP contribution in [0, 0.1) is 11.8 Å². The Hall–Kier alpha value is -2.77. The molecule has 6 nitrogen and oxygen atoms in total. The van der Waals surface area contributed by atoms with Crippen LogP contribution in [0.5, 0.6) is 0 Å². The number of Topliss-reactive ketones (excluding diaryl/α,β-unsaturated/α-hetero) is 1. The zero-order valence-electron chi connectivity index (χ0n) is 23.2. The van der Waals surface area contributed by atoms with Crippen LogP contribution < -0.4 is 0 Å². The average molecular weight is 525 g/mol. The summed E-state index contributed by atoms with van der Waals surface area (Å²) in [6.45, 7) is 8.90. The zero-order chi connectivity index (χ0) is 28.3. The lowest BCUT2D eigenvalue weighted by Crippen LogP contribution is -2.32. The lowest BCUT2D eigenvalue weighted by Gasteiger charge is -2.22. The molecule has 1 aliphatic rings. The Kier molecular flexibility index (Phi) is 12.4. The molecule has 1 heterocycles. The Bertz CT molecular complexity index is 1050. The third-order valence-corrected chi connectivity index (χ3v) is 6.87. The van der Waals surface area contributed by atoms with Crippen molar-refractivity contribution in [2.75, 3.05) is 0 Å². The van der Waals surface area contributed by atoms with Crippen LogP contribution in [-0.2, 0) is 16.0 Å². The predicted molar refractivity (Wildman–Crippen MR) is 151 cm³/mol. The van der Waals surface area contributed by atoms with Crippen molar-refractivity contribution in [2.45, 2.75) is 84.4 Å². The second kappa shape index (κ2) is 15.0. The maximum absolute atomic E-state index is 11.9. The van der Waals surface area contributed by atoms with Crippen molar-refractivity contribution < 1.29 is 30.0 Å². The summed E-state index contributed by atoms with van der Waals surface area (Å²) in [5.74, 6) is -1.92. The number of allylic oxidation sites excluding steroid dienone is 6. The van der Waals surface area contributed by atoms with Gasteiger partial charge in [-0.15, -0.1) is 0 Å². The Morgan fingerprint density at radius 1 is 1.05 bits per heavy atom. The lowest BCUT2D eigenvalue weighted by molar-refractivity contribution is -0.171. The molecule has 0 radical (unpaired) electrons. The van der Waals surface area contributed by atoms with E-state index in [1.54, 1.807) is 19.1 Å². The molecule has 6 unspecified atom stereocenters. The van der Waals surface area contributed by atoms with Crippen LogP contribution in [0.1, 0.15) is 59.4 Å². The number of aliphatic hydroxyl groups is 4. The van der Waals surface area contributed by atoms with Gasteiger partial charge in [0.15, 0.2) is 0 Å². The molecular formula is C32H44O6. The number of aliphatic hydroxyl groups excluding tert-OH is 3. The van der Waals surface area contributed by atoms with E-state index in [0.29, 0.717) is 5.57 Å². The highest BCUT2D eigenvalue weighted by Crippen LogP contribution is 2.31. The van der Waals surface area contributed by atoms with Gasteiger partial charge in [0.05, 0.1) is 18.3 Å². The maximum atomic E-state index is 11.9. The highest BCUT2D eigenvalue weighted by Gasteiger charge is 2.42. The van der Waals surface area contributed by atoms with Gasteiger partial charge in [0.1, 0.15) is 5.76 Å². The summed E-state index contributed by atoms with van der Waals surface area (Å²) in [7, 11) is 0. The minimum Gasteiger partial charge on any atom is -0.459 e. The van der Waals surface area contributed by atoms with Crippen molar-refractivity contribution in [3.05, 3.63) is 95.3 Å². The van der Waals surface area contributed by atoms with Gasteiger partial charge >= 0.3 is 0 Å². The topological polar surface area (TPSA) is 107 Å². The van der Waals surface area contributed by atoms with Crippen molar-refractivity contribution in [3.63, 3.8) is 0 Å². The molecule has 6 heteroatoms. The van der Waals surface area contributed by atoms with Crippen molar-refractivity contribution in [1.82, 2.24) is 0 Å². The molecule has 208 valence electrons. The summed E-state index contributed by atoms with van der Waals surface area (Å²) in [4.78, 5) is 11.9. The van der Waals surface area contributed by atoms with E-state index in [4.69, 9.17) is 4.74 Å². The monoisotopic (exact) mass is 524 g/mol. The van der Waals surface area contributed by atoms with Crippen molar-refractivity contribution in [3.8, 4) is 0 Å². The smallest absolute Gasteiger partial charge is 0.269 e. The molecule has 0 saturated heterocycles. The highest BCUT2D eigenvalue weighted by atomic mass is 16.6. The third kappa shape index (κ3) is 10.2. The normalized spacial score (nSPS) is 22.9. The molecule has 6 atom stereocenters. The van der Waals surface area contributed by atoms with Crippen LogP contribution >= 0.6 is 0 Å². The van der Waals surface area contributed by atoms with Crippen LogP contribution in [0.15, 0.2) is 89.8 Å². The van der Waals surface area contributed by atoms with Gasteiger partial charge in [-0.25, -0.2) is 0 Å². The van der Waals surface area contributed by atoms with Crippen LogP contribution in [-0.4, -0.2) is 50.3 Å². The lowest BCUT2D eigenvalue weighted by atomic mass is 9.88. The molecule has 1 aromatic carbocycles. The summed E-state index contributed by atoms with van der Waals surface area (Å²) >= 11 is 0. The van der Waals surface area contributed by atoms with Gasteiger partial charge in [-0.05, 0) is 38.2 Å². The summed E-state index contributed by atoms with van der Waals surface area (Å²) in [6.07, 6.45) is 12.7. The number of carbonyl (C=O) groups is 1. The van der Waals surface area contributed by atoms with Gasteiger partial charge in [0.25, 0.3) is 5.79 Å². The standard InChI is InChI=1S/C32H44O6/c1-22(13-11-14-23(2)30(35)24(3)18-19-26-15-7-6-8-16-26)12-9-10-17-27(33)20-28(34)21-29-25(4)31(36)32(5,37)38-29/h6-17,23-24,27-28,30,33-35,37H,18-21H2,1-5H3/b12-9+,14-11+,17-10-,22-13+.